The largest absolute Gasteiger partial charge is 0.185 e. The van der Waals surface area contributed by atoms with Gasteiger partial charge in [-0.25, -0.2) is 0 Å². The maximum Gasteiger partial charge on any atom is 0 e. The Kier molecular flexibility index (Phi) is 51.4. The van der Waals surface area contributed by atoms with Gasteiger partial charge in [-0.1, -0.05) is 6.92 Å². The minimum atomic E-state index is 0. The van der Waals surface area contributed by atoms with Gasteiger partial charge in [-0.15, -0.1) is 0 Å². The fraction of sp³-hybridized carbons (Fsp3) is 0.0909. The van der Waals surface area contributed by atoms with Crippen LogP contribution in [0.1, 0.15) is 5.56 Å². The Morgan fingerprint density at radius 1 is 0.778 bits per heavy atom. The predicted octanol–water partition coefficient (Wildman–Crippen LogP) is 2.73. The fourth-order valence-corrected chi connectivity index (χ4v) is 1.18. The van der Waals surface area contributed by atoms with E-state index in [1.807, 2.05) is 18.2 Å². The average Bonchev–Trinajstić information content (AvgIpc) is 2.04. The quantitative estimate of drug-likeness (QED) is 0.363. The van der Waals surface area contributed by atoms with Gasteiger partial charge in [0.1, 0.15) is 0 Å². The van der Waals surface area contributed by atoms with E-state index in [4.69, 9.17) is 0 Å². The van der Waals surface area contributed by atoms with Crippen molar-refractivity contribution in [3.63, 3.8) is 0 Å². The van der Waals surface area contributed by atoms with Crippen LogP contribution in [0.25, 0.3) is 10.8 Å². The molecular formula is C11H8Y7-2. The van der Waals surface area contributed by atoms with Crippen LogP contribution >= 0.6 is 0 Å². The molecule has 0 fully saturated rings. The van der Waals surface area contributed by atoms with E-state index in [9.17, 15) is 0 Å². The number of rotatable bonds is 0. The number of hydrogen-bond donors (Lipinski definition) is 0. The van der Waals surface area contributed by atoms with Gasteiger partial charge in [0.25, 0.3) is 0 Å². The van der Waals surface area contributed by atoms with Crippen LogP contribution in [0.5, 0.6) is 0 Å². The molecule has 0 aliphatic heterocycles. The van der Waals surface area contributed by atoms with Gasteiger partial charge in [-0.05, 0) is 0 Å². The van der Waals surface area contributed by atoms with Crippen LogP contribution in [-0.2, 0) is 229 Å². The Morgan fingerprint density at radius 3 is 1.89 bits per heavy atom. The van der Waals surface area contributed by atoms with Crippen LogP contribution in [0.4, 0.5) is 0 Å². The molecule has 0 aliphatic rings. The van der Waals surface area contributed by atoms with Gasteiger partial charge >= 0.3 is 0 Å². The molecule has 0 nitrogen and oxygen atoms in total. The predicted molar refractivity (Wildman–Crippen MR) is 46.4 cm³/mol. The molecule has 0 aromatic heterocycles. The molecule has 2 aromatic carbocycles. The van der Waals surface area contributed by atoms with Gasteiger partial charge in [0.05, 0.1) is 0 Å². The third-order valence-electron chi connectivity index (χ3n) is 1.76. The minimum Gasteiger partial charge on any atom is -0.185 e. The molecule has 0 bridgehead atoms. The molecule has 0 spiro atoms. The molecular weight excluding hydrogens is 754 g/mol. The molecule has 0 saturated carbocycles. The summed E-state index contributed by atoms with van der Waals surface area (Å²) in [4.78, 5) is 0. The van der Waals surface area contributed by atoms with Crippen molar-refractivity contribution in [2.75, 3.05) is 0 Å². The van der Waals surface area contributed by atoms with Crippen molar-refractivity contribution in [2.24, 2.45) is 0 Å². The zero-order chi connectivity index (χ0) is 7.68. The van der Waals surface area contributed by atoms with Crippen LogP contribution < -0.4 is 0 Å². The van der Waals surface area contributed by atoms with Gasteiger partial charge in [-0.2, -0.15) is 58.8 Å². The molecule has 7 radical (unpaired) electrons. The van der Waals surface area contributed by atoms with Crippen molar-refractivity contribution >= 4 is 10.8 Å². The van der Waals surface area contributed by atoms with Crippen molar-refractivity contribution in [1.29, 1.82) is 0 Å². The molecule has 0 heterocycles. The number of benzene rings is 2. The van der Waals surface area contributed by atoms with Gasteiger partial charge in [-0.3, -0.25) is 0 Å². The summed E-state index contributed by atoms with van der Waals surface area (Å²) in [6.07, 6.45) is 0. The van der Waals surface area contributed by atoms with Crippen molar-refractivity contribution < 1.29 is 229 Å². The van der Waals surface area contributed by atoms with E-state index in [1.165, 1.54) is 16.3 Å². The zero-order valence-electron chi connectivity index (χ0n) is 10.4. The van der Waals surface area contributed by atoms with Gasteiger partial charge in [0.2, 0.25) is 0 Å². The Morgan fingerprint density at radius 2 is 1.33 bits per heavy atom. The molecule has 75 valence electrons. The second-order valence-electron chi connectivity index (χ2n) is 2.67. The van der Waals surface area contributed by atoms with E-state index in [2.05, 4.69) is 31.2 Å². The monoisotopic (exact) mass is 762 g/mol. The van der Waals surface area contributed by atoms with Crippen LogP contribution in [0.2, 0.25) is 0 Å². The van der Waals surface area contributed by atoms with Crippen LogP contribution in [0, 0.1) is 19.1 Å². The van der Waals surface area contributed by atoms with Gasteiger partial charge in [0.15, 0.2) is 0 Å². The summed E-state index contributed by atoms with van der Waals surface area (Å²) < 4.78 is 0. The van der Waals surface area contributed by atoms with Gasteiger partial charge < -0.3 is 0 Å². The first kappa shape index (κ1) is 39.5. The molecule has 0 saturated heterocycles. The smallest absolute Gasteiger partial charge is 0 e. The van der Waals surface area contributed by atoms with Crippen LogP contribution in [-0.4, -0.2) is 0 Å². The molecule has 0 aliphatic carbocycles. The minimum absolute atomic E-state index is 0. The molecule has 0 amide bonds. The van der Waals surface area contributed by atoms with E-state index in [-0.39, 0.29) is 229 Å². The summed E-state index contributed by atoms with van der Waals surface area (Å²) in [5, 5.41) is 2.47. The average molecular weight is 763 g/mol. The maximum atomic E-state index is 3.15. The first-order chi connectivity index (χ1) is 5.36. The van der Waals surface area contributed by atoms with Crippen molar-refractivity contribution in [3.05, 3.63) is 48.0 Å². The third kappa shape index (κ3) is 14.7. The summed E-state index contributed by atoms with van der Waals surface area (Å²) in [5.74, 6) is 0. The van der Waals surface area contributed by atoms with Gasteiger partial charge in [0, 0.05) is 229 Å². The summed E-state index contributed by atoms with van der Waals surface area (Å²) >= 11 is 0. The zero-order valence-corrected chi connectivity index (χ0v) is 30.3. The molecule has 2 rings (SSSR count). The second kappa shape index (κ2) is 23.4. The summed E-state index contributed by atoms with van der Waals surface area (Å²) in [7, 11) is 0. The van der Waals surface area contributed by atoms with Crippen molar-refractivity contribution in [3.8, 4) is 0 Å². The Bertz CT molecular complexity index is 392. The molecule has 2 aromatic rings. The normalized spacial score (nSPS) is 6.28. The SMILES string of the molecule is Cc1[c-]cc2c[c-]ccc2c1.[Y].[Y].[Y].[Y].[Y].[Y].[Y]. The van der Waals surface area contributed by atoms with E-state index in [0.717, 1.165) is 0 Å². The topological polar surface area (TPSA) is 0 Å². The first-order valence-electron chi connectivity index (χ1n) is 3.64. The van der Waals surface area contributed by atoms with E-state index in [0.29, 0.717) is 0 Å². The van der Waals surface area contributed by atoms with Crippen molar-refractivity contribution in [2.45, 2.75) is 6.92 Å². The Hall–Kier alpha value is 6.43. The van der Waals surface area contributed by atoms with Crippen LogP contribution in [0.3, 0.4) is 0 Å². The van der Waals surface area contributed by atoms with E-state index >= 15 is 0 Å². The Labute approximate surface area is 286 Å². The molecule has 0 atom stereocenters. The molecule has 0 unspecified atom stereocenters. The fourth-order valence-electron chi connectivity index (χ4n) is 1.18. The standard InChI is InChI=1S/C11H8.7Y/c1-9-6-7-10-4-2-3-5-11(10)8-9;;;;;;;/h3-5,7-8H,1H3;;;;;;;/q-2;;;;;;;. The third-order valence-corrected chi connectivity index (χ3v) is 1.76. The molecule has 18 heavy (non-hydrogen) atoms. The number of hydrogen-bond acceptors (Lipinski definition) is 0. The number of fused-ring (bicyclic) bond motifs is 1. The van der Waals surface area contributed by atoms with E-state index in [1.54, 1.807) is 0 Å². The number of aryl methyl sites for hydroxylation is 1. The first-order valence-corrected chi connectivity index (χ1v) is 3.64. The second-order valence-corrected chi connectivity index (χ2v) is 2.67. The summed E-state index contributed by atoms with van der Waals surface area (Å²) in [5.41, 5.74) is 1.18. The van der Waals surface area contributed by atoms with Crippen LogP contribution in [0.15, 0.2) is 30.3 Å². The molecule has 7 heteroatoms. The Balaban J connectivity index is -0.0000000514. The molecule has 0 N–H and O–H groups in total. The van der Waals surface area contributed by atoms with E-state index < -0.39 is 0 Å². The summed E-state index contributed by atoms with van der Waals surface area (Å²) in [6, 6.07) is 16.3. The summed E-state index contributed by atoms with van der Waals surface area (Å²) in [6.45, 7) is 2.05. The van der Waals surface area contributed by atoms with Crippen molar-refractivity contribution in [1.82, 2.24) is 0 Å². The maximum absolute atomic E-state index is 3.15.